The second kappa shape index (κ2) is 6.97. The Hall–Kier alpha value is -0.610. The number of carbonyl (C=O) groups excluding carboxylic acids is 1. The summed E-state index contributed by atoms with van der Waals surface area (Å²) in [4.78, 5) is 11.5. The molecule has 17 heavy (non-hydrogen) atoms. The summed E-state index contributed by atoms with van der Waals surface area (Å²) in [5.74, 6) is -0.0861. The molecule has 0 atom stereocenters. The molecule has 0 aliphatic heterocycles. The number of hydrogen-bond donors (Lipinski definition) is 2. The van der Waals surface area contributed by atoms with Gasteiger partial charge in [0, 0.05) is 13.2 Å². The van der Waals surface area contributed by atoms with Gasteiger partial charge in [-0.05, 0) is 39.0 Å². The largest absolute Gasteiger partial charge is 0.396 e. The highest BCUT2D eigenvalue weighted by molar-refractivity contribution is 5.77. The minimum atomic E-state index is -0.288. The lowest BCUT2D eigenvalue weighted by Gasteiger charge is -2.25. The summed E-state index contributed by atoms with van der Waals surface area (Å²) in [6.07, 6.45) is 1.66. The first-order valence-electron chi connectivity index (χ1n) is 6.18. The SMILES string of the molecule is CC(C)(CCCO)CNC(=O)COC(C)(C)C. The molecule has 0 saturated carbocycles. The van der Waals surface area contributed by atoms with E-state index in [0.29, 0.717) is 6.54 Å². The third-order valence-corrected chi connectivity index (χ3v) is 2.41. The first-order chi connectivity index (χ1) is 7.66. The zero-order chi connectivity index (χ0) is 13.5. The molecule has 0 rings (SSSR count). The number of aliphatic hydroxyl groups excluding tert-OH is 1. The van der Waals surface area contributed by atoms with E-state index in [1.54, 1.807) is 0 Å². The van der Waals surface area contributed by atoms with Crippen molar-refractivity contribution < 1.29 is 14.6 Å². The number of ether oxygens (including phenoxy) is 1. The van der Waals surface area contributed by atoms with E-state index >= 15 is 0 Å². The van der Waals surface area contributed by atoms with Crippen molar-refractivity contribution in [1.82, 2.24) is 5.32 Å². The van der Waals surface area contributed by atoms with Crippen LogP contribution in [0.25, 0.3) is 0 Å². The van der Waals surface area contributed by atoms with Gasteiger partial charge in [-0.15, -0.1) is 0 Å². The predicted molar refractivity (Wildman–Crippen MR) is 68.8 cm³/mol. The summed E-state index contributed by atoms with van der Waals surface area (Å²) in [5.41, 5.74) is -0.274. The van der Waals surface area contributed by atoms with Crippen LogP contribution in [-0.4, -0.2) is 36.4 Å². The molecule has 0 aromatic heterocycles. The molecular formula is C13H27NO3. The summed E-state index contributed by atoms with van der Waals surface area (Å²) < 4.78 is 5.39. The second-order valence-electron chi connectivity index (χ2n) is 6.17. The third kappa shape index (κ3) is 10.3. The van der Waals surface area contributed by atoms with Crippen molar-refractivity contribution in [2.24, 2.45) is 5.41 Å². The summed E-state index contributed by atoms with van der Waals surface area (Å²) in [5, 5.41) is 11.6. The lowest BCUT2D eigenvalue weighted by Crippen LogP contribution is -2.37. The Morgan fingerprint density at radius 1 is 1.24 bits per heavy atom. The molecule has 0 aromatic carbocycles. The van der Waals surface area contributed by atoms with Gasteiger partial charge in [-0.1, -0.05) is 13.8 Å². The summed E-state index contributed by atoms with van der Waals surface area (Å²) >= 11 is 0. The average Bonchev–Trinajstić information content (AvgIpc) is 2.20. The van der Waals surface area contributed by atoms with Gasteiger partial charge < -0.3 is 15.2 Å². The van der Waals surface area contributed by atoms with Gasteiger partial charge in [-0.25, -0.2) is 0 Å². The molecular weight excluding hydrogens is 218 g/mol. The van der Waals surface area contributed by atoms with Crippen LogP contribution < -0.4 is 5.32 Å². The van der Waals surface area contributed by atoms with Crippen LogP contribution in [-0.2, 0) is 9.53 Å². The fourth-order valence-electron chi connectivity index (χ4n) is 1.32. The van der Waals surface area contributed by atoms with E-state index in [4.69, 9.17) is 9.84 Å². The van der Waals surface area contributed by atoms with Crippen LogP contribution in [0.3, 0.4) is 0 Å². The van der Waals surface area contributed by atoms with Gasteiger partial charge in [0.25, 0.3) is 0 Å². The van der Waals surface area contributed by atoms with E-state index in [1.165, 1.54) is 0 Å². The Balaban J connectivity index is 3.83. The molecule has 1 amide bonds. The first-order valence-corrected chi connectivity index (χ1v) is 6.18. The summed E-state index contributed by atoms with van der Waals surface area (Å²) in [7, 11) is 0. The maximum atomic E-state index is 11.5. The molecule has 0 aliphatic rings. The van der Waals surface area contributed by atoms with E-state index in [0.717, 1.165) is 12.8 Å². The van der Waals surface area contributed by atoms with Gasteiger partial charge in [0.15, 0.2) is 0 Å². The Kier molecular flexibility index (Phi) is 6.72. The minimum absolute atomic E-state index is 0.0140. The van der Waals surface area contributed by atoms with Crippen LogP contribution in [0.4, 0.5) is 0 Å². The van der Waals surface area contributed by atoms with Gasteiger partial charge in [0.05, 0.1) is 5.60 Å². The van der Waals surface area contributed by atoms with Crippen molar-refractivity contribution in [3.05, 3.63) is 0 Å². The van der Waals surface area contributed by atoms with Crippen molar-refractivity contribution in [3.8, 4) is 0 Å². The van der Waals surface area contributed by atoms with Crippen LogP contribution in [0.1, 0.15) is 47.5 Å². The van der Waals surface area contributed by atoms with Gasteiger partial charge in [0.2, 0.25) is 5.91 Å². The zero-order valence-electron chi connectivity index (χ0n) is 11.8. The van der Waals surface area contributed by atoms with Crippen LogP contribution in [0.15, 0.2) is 0 Å². The highest BCUT2D eigenvalue weighted by atomic mass is 16.5. The Morgan fingerprint density at radius 3 is 2.29 bits per heavy atom. The Labute approximate surface area is 105 Å². The van der Waals surface area contributed by atoms with Crippen LogP contribution in [0.2, 0.25) is 0 Å². The Bertz CT molecular complexity index is 231. The van der Waals surface area contributed by atoms with Crippen molar-refractivity contribution >= 4 is 5.91 Å². The molecule has 0 saturated heterocycles. The van der Waals surface area contributed by atoms with Crippen LogP contribution in [0.5, 0.6) is 0 Å². The molecule has 0 radical (unpaired) electrons. The van der Waals surface area contributed by atoms with E-state index < -0.39 is 0 Å². The van der Waals surface area contributed by atoms with Gasteiger partial charge in [-0.3, -0.25) is 4.79 Å². The molecule has 0 unspecified atom stereocenters. The van der Waals surface area contributed by atoms with Crippen molar-refractivity contribution in [3.63, 3.8) is 0 Å². The minimum Gasteiger partial charge on any atom is -0.396 e. The lowest BCUT2D eigenvalue weighted by molar-refractivity contribution is -0.131. The van der Waals surface area contributed by atoms with E-state index in [2.05, 4.69) is 19.2 Å². The number of carbonyl (C=O) groups is 1. The number of nitrogens with one attached hydrogen (secondary N) is 1. The van der Waals surface area contributed by atoms with Gasteiger partial charge in [0.1, 0.15) is 6.61 Å². The van der Waals surface area contributed by atoms with Crippen molar-refractivity contribution in [2.75, 3.05) is 19.8 Å². The maximum Gasteiger partial charge on any atom is 0.246 e. The molecule has 0 bridgehead atoms. The number of amides is 1. The highest BCUT2D eigenvalue weighted by Crippen LogP contribution is 2.20. The second-order valence-corrected chi connectivity index (χ2v) is 6.17. The average molecular weight is 245 g/mol. The van der Waals surface area contributed by atoms with E-state index in [1.807, 2.05) is 20.8 Å². The van der Waals surface area contributed by atoms with Crippen molar-refractivity contribution in [2.45, 2.75) is 53.1 Å². The molecule has 2 N–H and O–H groups in total. The molecule has 0 aliphatic carbocycles. The fraction of sp³-hybridized carbons (Fsp3) is 0.923. The molecule has 102 valence electrons. The van der Waals surface area contributed by atoms with Gasteiger partial charge in [-0.2, -0.15) is 0 Å². The fourth-order valence-corrected chi connectivity index (χ4v) is 1.32. The number of aliphatic hydroxyl groups is 1. The monoisotopic (exact) mass is 245 g/mol. The lowest BCUT2D eigenvalue weighted by atomic mass is 9.88. The van der Waals surface area contributed by atoms with Crippen molar-refractivity contribution in [1.29, 1.82) is 0 Å². The Morgan fingerprint density at radius 2 is 1.82 bits per heavy atom. The molecule has 0 aromatic rings. The summed E-state index contributed by atoms with van der Waals surface area (Å²) in [6.45, 7) is 10.8. The molecule has 4 nitrogen and oxygen atoms in total. The number of rotatable bonds is 7. The maximum absolute atomic E-state index is 11.5. The normalized spacial score (nSPS) is 12.6. The molecule has 0 heterocycles. The molecule has 4 heteroatoms. The van der Waals surface area contributed by atoms with E-state index in [9.17, 15) is 4.79 Å². The summed E-state index contributed by atoms with van der Waals surface area (Å²) in [6, 6.07) is 0. The molecule has 0 fully saturated rings. The van der Waals surface area contributed by atoms with E-state index in [-0.39, 0.29) is 30.1 Å². The quantitative estimate of drug-likeness (QED) is 0.718. The highest BCUT2D eigenvalue weighted by Gasteiger charge is 2.19. The van der Waals surface area contributed by atoms with Crippen LogP contribution >= 0.6 is 0 Å². The first kappa shape index (κ1) is 16.4. The van der Waals surface area contributed by atoms with Gasteiger partial charge >= 0.3 is 0 Å². The zero-order valence-corrected chi connectivity index (χ0v) is 11.8. The number of hydrogen-bond acceptors (Lipinski definition) is 3. The smallest absolute Gasteiger partial charge is 0.246 e. The third-order valence-electron chi connectivity index (χ3n) is 2.41. The standard InChI is InChI=1S/C13H27NO3/c1-12(2,3)17-9-11(16)14-10-13(4,5)7-6-8-15/h15H,6-10H2,1-5H3,(H,14,16). The van der Waals surface area contributed by atoms with Crippen LogP contribution in [0, 0.1) is 5.41 Å². The topological polar surface area (TPSA) is 58.6 Å². The predicted octanol–water partition coefficient (Wildman–Crippen LogP) is 1.72. The molecule has 0 spiro atoms.